The van der Waals surface area contributed by atoms with Gasteiger partial charge in [-0.05, 0) is 31.9 Å². The van der Waals surface area contributed by atoms with Crippen LogP contribution in [0, 0.1) is 12.7 Å². The van der Waals surface area contributed by atoms with Gasteiger partial charge in [0.15, 0.2) is 0 Å². The van der Waals surface area contributed by atoms with Crippen molar-refractivity contribution >= 4 is 15.7 Å². The van der Waals surface area contributed by atoms with E-state index in [2.05, 4.69) is 0 Å². The molecule has 20 heavy (non-hydrogen) atoms. The first-order valence-corrected chi connectivity index (χ1v) is 8.31. The van der Waals surface area contributed by atoms with Crippen molar-refractivity contribution in [1.82, 2.24) is 4.31 Å². The molecule has 1 aliphatic rings. The number of rotatable bonds is 3. The van der Waals surface area contributed by atoms with Gasteiger partial charge in [0.1, 0.15) is 5.82 Å². The molecule has 0 bridgehead atoms. The normalized spacial score (nSPS) is 17.6. The van der Waals surface area contributed by atoms with Gasteiger partial charge in [0.2, 0.25) is 10.0 Å². The molecule has 0 aliphatic heterocycles. The summed E-state index contributed by atoms with van der Waals surface area (Å²) in [5, 5.41) is 0. The van der Waals surface area contributed by atoms with E-state index in [1.165, 1.54) is 17.3 Å². The number of sulfonamides is 1. The van der Waals surface area contributed by atoms with Crippen LogP contribution in [-0.4, -0.2) is 25.8 Å². The van der Waals surface area contributed by atoms with Crippen molar-refractivity contribution in [2.45, 2.75) is 50.0 Å². The van der Waals surface area contributed by atoms with Crippen LogP contribution < -0.4 is 5.73 Å². The van der Waals surface area contributed by atoms with E-state index in [0.717, 1.165) is 38.2 Å². The van der Waals surface area contributed by atoms with Crippen molar-refractivity contribution in [3.05, 3.63) is 23.5 Å². The van der Waals surface area contributed by atoms with Gasteiger partial charge in [-0.3, -0.25) is 0 Å². The van der Waals surface area contributed by atoms with Gasteiger partial charge >= 0.3 is 0 Å². The molecule has 0 spiro atoms. The summed E-state index contributed by atoms with van der Waals surface area (Å²) in [5.41, 5.74) is 5.84. The van der Waals surface area contributed by atoms with E-state index in [4.69, 9.17) is 5.73 Å². The topological polar surface area (TPSA) is 63.4 Å². The van der Waals surface area contributed by atoms with Crippen LogP contribution in [0.1, 0.15) is 37.7 Å². The molecule has 2 N–H and O–H groups in total. The summed E-state index contributed by atoms with van der Waals surface area (Å²) in [4.78, 5) is -0.0249. The van der Waals surface area contributed by atoms with Gasteiger partial charge < -0.3 is 5.73 Å². The maximum absolute atomic E-state index is 13.7. The average molecular weight is 300 g/mol. The molecule has 4 nitrogen and oxygen atoms in total. The van der Waals surface area contributed by atoms with Crippen LogP contribution >= 0.6 is 0 Å². The second-order valence-corrected chi connectivity index (χ2v) is 7.40. The molecule has 1 aromatic rings. The van der Waals surface area contributed by atoms with Gasteiger partial charge in [-0.15, -0.1) is 0 Å². The molecule has 1 aromatic carbocycles. The molecule has 0 unspecified atom stereocenters. The minimum atomic E-state index is -3.70. The first-order chi connectivity index (χ1) is 9.34. The maximum atomic E-state index is 13.7. The molecule has 2 rings (SSSR count). The van der Waals surface area contributed by atoms with Crippen LogP contribution in [0.15, 0.2) is 17.0 Å². The van der Waals surface area contributed by atoms with Crippen LogP contribution in [0.5, 0.6) is 0 Å². The van der Waals surface area contributed by atoms with E-state index in [1.807, 2.05) is 0 Å². The second kappa shape index (κ2) is 5.69. The lowest BCUT2D eigenvalue weighted by Crippen LogP contribution is -2.38. The van der Waals surface area contributed by atoms with E-state index in [9.17, 15) is 12.8 Å². The minimum Gasteiger partial charge on any atom is -0.399 e. The minimum absolute atomic E-state index is 0.00218. The Bertz CT molecular complexity index is 595. The van der Waals surface area contributed by atoms with Crippen LogP contribution in [0.4, 0.5) is 10.1 Å². The molecular formula is C14H21FN2O2S. The predicted octanol–water partition coefficient (Wildman–Crippen LogP) is 2.67. The highest BCUT2D eigenvalue weighted by Crippen LogP contribution is 2.29. The fourth-order valence-electron chi connectivity index (χ4n) is 2.74. The number of hydrogen-bond donors (Lipinski definition) is 1. The molecule has 1 saturated carbocycles. The lowest BCUT2D eigenvalue weighted by molar-refractivity contribution is 0.285. The average Bonchev–Trinajstić information content (AvgIpc) is 2.42. The number of anilines is 1. The van der Waals surface area contributed by atoms with E-state index < -0.39 is 15.8 Å². The fraction of sp³-hybridized carbons (Fsp3) is 0.571. The molecule has 0 atom stereocenters. The summed E-state index contributed by atoms with van der Waals surface area (Å²) in [6.07, 6.45) is 4.94. The van der Waals surface area contributed by atoms with Crippen molar-refractivity contribution in [1.29, 1.82) is 0 Å². The van der Waals surface area contributed by atoms with E-state index in [-0.39, 0.29) is 22.2 Å². The van der Waals surface area contributed by atoms with E-state index in [1.54, 1.807) is 7.05 Å². The molecule has 0 aromatic heterocycles. The van der Waals surface area contributed by atoms with Crippen LogP contribution in [-0.2, 0) is 10.0 Å². The standard InChI is InChI=1S/C14H21FN2O2S/c1-10-13(15)8-11(16)9-14(10)20(18,19)17(2)12-6-4-3-5-7-12/h8-9,12H,3-7,16H2,1-2H3. The number of benzene rings is 1. The summed E-state index contributed by atoms with van der Waals surface area (Å²) in [6, 6.07) is 2.49. The fourth-order valence-corrected chi connectivity index (χ4v) is 4.42. The van der Waals surface area contributed by atoms with E-state index >= 15 is 0 Å². The zero-order chi connectivity index (χ0) is 14.9. The molecule has 1 fully saturated rings. The Kier molecular flexibility index (Phi) is 4.34. The van der Waals surface area contributed by atoms with Crippen LogP contribution in [0.2, 0.25) is 0 Å². The molecule has 0 radical (unpaired) electrons. The SMILES string of the molecule is Cc1c(F)cc(N)cc1S(=O)(=O)N(C)C1CCCCC1. The van der Waals surface area contributed by atoms with Gasteiger partial charge in [0.25, 0.3) is 0 Å². The van der Waals surface area contributed by atoms with Gasteiger partial charge in [0.05, 0.1) is 4.90 Å². The van der Waals surface area contributed by atoms with Crippen LogP contribution in [0.3, 0.4) is 0 Å². The smallest absolute Gasteiger partial charge is 0.243 e. The number of halogens is 1. The second-order valence-electron chi connectivity index (χ2n) is 5.44. The number of hydrogen-bond acceptors (Lipinski definition) is 3. The Morgan fingerprint density at radius 1 is 1.25 bits per heavy atom. The Hall–Kier alpha value is -1.14. The molecular weight excluding hydrogens is 279 g/mol. The number of nitrogens with zero attached hydrogens (tertiary/aromatic N) is 1. The summed E-state index contributed by atoms with van der Waals surface area (Å²) in [7, 11) is -2.13. The highest BCUT2D eigenvalue weighted by atomic mass is 32.2. The molecule has 112 valence electrons. The summed E-state index contributed by atoms with van der Waals surface area (Å²) < 4.78 is 40.4. The zero-order valence-electron chi connectivity index (χ0n) is 11.9. The van der Waals surface area contributed by atoms with Crippen molar-refractivity contribution in [2.75, 3.05) is 12.8 Å². The number of nitrogen functional groups attached to an aromatic ring is 1. The quantitative estimate of drug-likeness (QED) is 0.873. The van der Waals surface area contributed by atoms with Crippen molar-refractivity contribution in [2.24, 2.45) is 0 Å². The maximum Gasteiger partial charge on any atom is 0.243 e. The summed E-state index contributed by atoms with van der Waals surface area (Å²) in [5.74, 6) is -0.583. The highest BCUT2D eigenvalue weighted by Gasteiger charge is 2.31. The molecule has 6 heteroatoms. The first-order valence-electron chi connectivity index (χ1n) is 6.87. The lowest BCUT2D eigenvalue weighted by Gasteiger charge is -2.30. The van der Waals surface area contributed by atoms with Crippen molar-refractivity contribution in [3.8, 4) is 0 Å². The van der Waals surface area contributed by atoms with Gasteiger partial charge in [-0.25, -0.2) is 12.8 Å². The third kappa shape index (κ3) is 2.81. The Balaban J connectivity index is 2.39. The molecule has 1 aliphatic carbocycles. The Labute approximate surface area is 119 Å². The molecule has 0 saturated heterocycles. The van der Waals surface area contributed by atoms with Gasteiger partial charge in [0, 0.05) is 24.3 Å². The monoisotopic (exact) mass is 300 g/mol. The highest BCUT2D eigenvalue weighted by molar-refractivity contribution is 7.89. The Morgan fingerprint density at radius 2 is 1.85 bits per heavy atom. The van der Waals surface area contributed by atoms with Crippen molar-refractivity contribution in [3.63, 3.8) is 0 Å². The van der Waals surface area contributed by atoms with Gasteiger partial charge in [-0.2, -0.15) is 4.31 Å². The third-order valence-corrected chi connectivity index (χ3v) is 6.10. The molecule has 0 amide bonds. The van der Waals surface area contributed by atoms with Gasteiger partial charge in [-0.1, -0.05) is 19.3 Å². The largest absolute Gasteiger partial charge is 0.399 e. The van der Waals surface area contributed by atoms with Crippen molar-refractivity contribution < 1.29 is 12.8 Å². The Morgan fingerprint density at radius 3 is 2.45 bits per heavy atom. The zero-order valence-corrected chi connectivity index (χ0v) is 12.7. The summed E-state index contributed by atoms with van der Waals surface area (Å²) >= 11 is 0. The first kappa shape index (κ1) is 15.3. The summed E-state index contributed by atoms with van der Waals surface area (Å²) in [6.45, 7) is 1.47. The lowest BCUT2D eigenvalue weighted by atomic mass is 9.96. The van der Waals surface area contributed by atoms with E-state index in [0.29, 0.717) is 0 Å². The number of nitrogens with two attached hydrogens (primary N) is 1. The molecule has 0 heterocycles. The predicted molar refractivity (Wildman–Crippen MR) is 77.4 cm³/mol. The van der Waals surface area contributed by atoms with Crippen LogP contribution in [0.25, 0.3) is 0 Å². The third-order valence-electron chi connectivity index (χ3n) is 4.06.